The molecule has 1 spiro atoms. The minimum Gasteiger partial charge on any atom is -0.386 e. The number of nitrogens with zero attached hydrogens (tertiary/aromatic N) is 5. The largest absolute Gasteiger partial charge is 0.386 e. The Morgan fingerprint density at radius 1 is 1.18 bits per heavy atom. The van der Waals surface area contributed by atoms with Gasteiger partial charge in [-0.05, 0) is 37.8 Å². The summed E-state index contributed by atoms with van der Waals surface area (Å²) in [7, 11) is 1.74. The van der Waals surface area contributed by atoms with E-state index in [0.717, 1.165) is 51.0 Å². The third-order valence-corrected chi connectivity index (χ3v) is 5.74. The van der Waals surface area contributed by atoms with Crippen LogP contribution >= 0.6 is 0 Å². The molecule has 3 aliphatic rings. The number of carbonyl (C=O) groups excluding carboxylic acids is 2. The first-order valence-corrected chi connectivity index (χ1v) is 10.0. The van der Waals surface area contributed by atoms with E-state index in [1.165, 1.54) is 0 Å². The minimum atomic E-state index is -0.565. The zero-order chi connectivity index (χ0) is 19.6. The molecule has 150 valence electrons. The van der Waals surface area contributed by atoms with Gasteiger partial charge in [0, 0.05) is 39.3 Å². The summed E-state index contributed by atoms with van der Waals surface area (Å²) in [6.45, 7) is 3.32. The molecule has 1 aromatic heterocycles. The van der Waals surface area contributed by atoms with E-state index in [1.54, 1.807) is 18.1 Å². The number of aromatic nitrogens is 1. The number of urea groups is 1. The van der Waals surface area contributed by atoms with Gasteiger partial charge in [-0.2, -0.15) is 0 Å². The smallest absolute Gasteiger partial charge is 0.320 e. The maximum Gasteiger partial charge on any atom is 0.320 e. The summed E-state index contributed by atoms with van der Waals surface area (Å²) in [5.41, 5.74) is 0.686. The Hall–Kier alpha value is -2.64. The molecule has 0 aliphatic carbocycles. The van der Waals surface area contributed by atoms with Crippen LogP contribution in [0, 0.1) is 0 Å². The summed E-state index contributed by atoms with van der Waals surface area (Å²) in [5.74, 6) is -0.148. The van der Waals surface area contributed by atoms with Crippen molar-refractivity contribution in [1.29, 1.82) is 0 Å². The monoisotopic (exact) mass is 385 g/mol. The van der Waals surface area contributed by atoms with Crippen molar-refractivity contribution in [1.82, 2.24) is 19.7 Å². The molecule has 1 aromatic rings. The van der Waals surface area contributed by atoms with Crippen molar-refractivity contribution in [3.63, 3.8) is 0 Å². The molecule has 3 aliphatic heterocycles. The SMILES string of the molecule is CN(Cc1ccccn1)C(=O)C1=NO[C@@]2(CCCN(C(=O)N3CCCC3)C2)C1. The number of hydrogen-bond acceptors (Lipinski definition) is 5. The maximum absolute atomic E-state index is 12.8. The van der Waals surface area contributed by atoms with E-state index >= 15 is 0 Å². The van der Waals surface area contributed by atoms with Crippen LogP contribution in [0.15, 0.2) is 29.6 Å². The lowest BCUT2D eigenvalue weighted by atomic mass is 9.88. The normalized spacial score (nSPS) is 24.2. The summed E-state index contributed by atoms with van der Waals surface area (Å²) in [6, 6.07) is 5.73. The molecule has 0 aromatic carbocycles. The number of rotatable bonds is 3. The van der Waals surface area contributed by atoms with Gasteiger partial charge in [0.05, 0.1) is 18.8 Å². The first kappa shape index (κ1) is 18.7. The van der Waals surface area contributed by atoms with Gasteiger partial charge in [0.15, 0.2) is 5.60 Å². The topological polar surface area (TPSA) is 78.3 Å². The fourth-order valence-corrected chi connectivity index (χ4v) is 4.25. The number of amides is 3. The molecule has 0 saturated carbocycles. The van der Waals surface area contributed by atoms with Gasteiger partial charge >= 0.3 is 6.03 Å². The van der Waals surface area contributed by atoms with E-state index in [1.807, 2.05) is 28.0 Å². The average Bonchev–Trinajstić information content (AvgIpc) is 3.38. The molecule has 4 rings (SSSR count). The maximum atomic E-state index is 12.8. The third kappa shape index (κ3) is 3.81. The zero-order valence-electron chi connectivity index (χ0n) is 16.3. The average molecular weight is 385 g/mol. The lowest BCUT2D eigenvalue weighted by Crippen LogP contribution is -2.54. The van der Waals surface area contributed by atoms with Crippen LogP contribution in [-0.4, -0.2) is 76.2 Å². The van der Waals surface area contributed by atoms with Gasteiger partial charge in [0.25, 0.3) is 5.91 Å². The van der Waals surface area contributed by atoms with Crippen molar-refractivity contribution in [2.45, 2.75) is 44.2 Å². The molecule has 0 unspecified atom stereocenters. The van der Waals surface area contributed by atoms with Crippen molar-refractivity contribution in [2.75, 3.05) is 33.2 Å². The molecule has 3 amide bonds. The molecule has 2 fully saturated rings. The Labute approximate surface area is 165 Å². The van der Waals surface area contributed by atoms with Crippen LogP contribution in [0.5, 0.6) is 0 Å². The standard InChI is InChI=1S/C20H27N5O3/c1-23(14-16-7-2-3-9-21-16)18(26)17-13-20(28-22-17)8-6-12-25(15-20)19(27)24-10-4-5-11-24/h2-3,7,9H,4-6,8,10-15H2,1H3/t20-/m0/s1. The molecule has 0 N–H and O–H groups in total. The molecular weight excluding hydrogens is 358 g/mol. The summed E-state index contributed by atoms with van der Waals surface area (Å²) < 4.78 is 0. The van der Waals surface area contributed by atoms with Crippen LogP contribution in [0.1, 0.15) is 37.8 Å². The van der Waals surface area contributed by atoms with Gasteiger partial charge in [0.2, 0.25) is 0 Å². The summed E-state index contributed by atoms with van der Waals surface area (Å²) in [6.07, 6.45) is 5.98. The highest BCUT2D eigenvalue weighted by Crippen LogP contribution is 2.34. The van der Waals surface area contributed by atoms with Crippen LogP contribution in [0.3, 0.4) is 0 Å². The van der Waals surface area contributed by atoms with Crippen molar-refractivity contribution >= 4 is 17.6 Å². The van der Waals surface area contributed by atoms with Crippen LogP contribution < -0.4 is 0 Å². The Balaban J connectivity index is 1.36. The highest BCUT2D eigenvalue weighted by Gasteiger charge is 2.46. The Kier molecular flexibility index (Phi) is 5.19. The van der Waals surface area contributed by atoms with Crippen LogP contribution in [0.2, 0.25) is 0 Å². The fourth-order valence-electron chi connectivity index (χ4n) is 4.25. The highest BCUT2D eigenvalue weighted by molar-refractivity contribution is 6.39. The van der Waals surface area contributed by atoms with Crippen molar-refractivity contribution in [3.05, 3.63) is 30.1 Å². The molecule has 0 bridgehead atoms. The molecule has 28 heavy (non-hydrogen) atoms. The van der Waals surface area contributed by atoms with E-state index in [9.17, 15) is 9.59 Å². The second-order valence-electron chi connectivity index (χ2n) is 7.97. The number of likely N-dealkylation sites (tertiary alicyclic amines) is 2. The lowest BCUT2D eigenvalue weighted by molar-refractivity contribution is -0.123. The van der Waals surface area contributed by atoms with Crippen molar-refractivity contribution in [2.24, 2.45) is 5.16 Å². The van der Waals surface area contributed by atoms with Crippen LogP contribution in [-0.2, 0) is 16.2 Å². The van der Waals surface area contributed by atoms with E-state index in [2.05, 4.69) is 10.1 Å². The summed E-state index contributed by atoms with van der Waals surface area (Å²) in [4.78, 5) is 41.0. The Morgan fingerprint density at radius 3 is 2.71 bits per heavy atom. The minimum absolute atomic E-state index is 0.0900. The Morgan fingerprint density at radius 2 is 1.96 bits per heavy atom. The fraction of sp³-hybridized carbons (Fsp3) is 0.600. The van der Waals surface area contributed by atoms with Gasteiger partial charge in [0.1, 0.15) is 5.71 Å². The van der Waals surface area contributed by atoms with Gasteiger partial charge in [-0.1, -0.05) is 11.2 Å². The number of oxime groups is 1. The molecular formula is C20H27N5O3. The van der Waals surface area contributed by atoms with Gasteiger partial charge in [-0.3, -0.25) is 9.78 Å². The van der Waals surface area contributed by atoms with Gasteiger partial charge in [-0.25, -0.2) is 4.79 Å². The summed E-state index contributed by atoms with van der Waals surface area (Å²) in [5, 5.41) is 4.12. The number of pyridine rings is 1. The number of piperidine rings is 1. The molecule has 1 atom stereocenters. The second-order valence-corrected chi connectivity index (χ2v) is 7.97. The predicted octanol–water partition coefficient (Wildman–Crippen LogP) is 1.87. The van der Waals surface area contributed by atoms with E-state index in [-0.39, 0.29) is 11.9 Å². The van der Waals surface area contributed by atoms with Crippen LogP contribution in [0.4, 0.5) is 4.79 Å². The van der Waals surface area contributed by atoms with Crippen LogP contribution in [0.25, 0.3) is 0 Å². The molecule has 2 saturated heterocycles. The quantitative estimate of drug-likeness (QED) is 0.796. The van der Waals surface area contributed by atoms with E-state index < -0.39 is 5.60 Å². The first-order valence-electron chi connectivity index (χ1n) is 10.0. The van der Waals surface area contributed by atoms with E-state index in [4.69, 9.17) is 4.84 Å². The summed E-state index contributed by atoms with van der Waals surface area (Å²) >= 11 is 0. The third-order valence-electron chi connectivity index (χ3n) is 5.74. The molecule has 4 heterocycles. The molecule has 0 radical (unpaired) electrons. The lowest BCUT2D eigenvalue weighted by Gasteiger charge is -2.39. The van der Waals surface area contributed by atoms with Crippen molar-refractivity contribution < 1.29 is 14.4 Å². The molecule has 8 nitrogen and oxygen atoms in total. The van der Waals surface area contributed by atoms with Gasteiger partial charge < -0.3 is 19.5 Å². The zero-order valence-corrected chi connectivity index (χ0v) is 16.3. The van der Waals surface area contributed by atoms with Gasteiger partial charge in [-0.15, -0.1) is 0 Å². The predicted molar refractivity (Wildman–Crippen MR) is 104 cm³/mol. The van der Waals surface area contributed by atoms with E-state index in [0.29, 0.717) is 25.2 Å². The second kappa shape index (κ2) is 7.77. The van der Waals surface area contributed by atoms with Crippen molar-refractivity contribution in [3.8, 4) is 0 Å². The first-order chi connectivity index (χ1) is 13.6. The molecule has 8 heteroatoms. The Bertz CT molecular complexity index is 762. The number of hydrogen-bond donors (Lipinski definition) is 0. The highest BCUT2D eigenvalue weighted by atomic mass is 16.7. The number of carbonyl (C=O) groups is 2.